The van der Waals surface area contributed by atoms with Crippen molar-refractivity contribution >= 4 is 65.0 Å². The molecule has 0 aliphatic rings. The number of fused-ring (bicyclic) bond motifs is 7. The van der Waals surface area contributed by atoms with Crippen molar-refractivity contribution < 1.29 is 4.42 Å². The molecule has 0 aliphatic heterocycles. The molecule has 0 amide bonds. The lowest BCUT2D eigenvalue weighted by Crippen LogP contribution is -1.94. The average Bonchev–Trinajstić information content (AvgIpc) is 3.61. The van der Waals surface area contributed by atoms with Crippen LogP contribution in [0.25, 0.3) is 110 Å². The summed E-state index contributed by atoms with van der Waals surface area (Å²) in [6, 6.07) is 66.3. The maximum atomic E-state index is 6.84. The van der Waals surface area contributed by atoms with Gasteiger partial charge in [0.25, 0.3) is 0 Å². The summed E-state index contributed by atoms with van der Waals surface area (Å²) in [5.41, 5.74) is 14.3. The highest BCUT2D eigenvalue weighted by Crippen LogP contribution is 2.49. The van der Waals surface area contributed by atoms with Crippen molar-refractivity contribution in [2.45, 2.75) is 13.8 Å². The van der Waals surface area contributed by atoms with Gasteiger partial charge in [-0.15, -0.1) is 0 Å². The molecular weight excluding hydrogens is 665 g/mol. The van der Waals surface area contributed by atoms with Gasteiger partial charge >= 0.3 is 0 Å². The summed E-state index contributed by atoms with van der Waals surface area (Å²) in [6.45, 7) is 4.46. The second kappa shape index (κ2) is 12.3. The van der Waals surface area contributed by atoms with E-state index in [9.17, 15) is 0 Å². The number of benzene rings is 10. The zero-order chi connectivity index (χ0) is 36.6. The van der Waals surface area contributed by atoms with Crippen LogP contribution in [0.1, 0.15) is 11.1 Å². The van der Waals surface area contributed by atoms with Crippen molar-refractivity contribution in [1.29, 1.82) is 0 Å². The second-order valence-corrected chi connectivity index (χ2v) is 14.8. The van der Waals surface area contributed by atoms with E-state index < -0.39 is 0 Å². The Morgan fingerprint density at radius 3 is 1.29 bits per heavy atom. The fraction of sp³-hybridized carbons (Fsp3) is 0.0370. The van der Waals surface area contributed by atoms with Gasteiger partial charge in [-0.2, -0.15) is 0 Å². The predicted octanol–water partition coefficient (Wildman–Crippen LogP) is 15.5. The number of aryl methyl sites for hydroxylation is 2. The molecule has 11 rings (SSSR count). The quantitative estimate of drug-likeness (QED) is 0.167. The summed E-state index contributed by atoms with van der Waals surface area (Å²) in [5, 5.41) is 12.2. The maximum Gasteiger partial charge on any atom is 0.136 e. The predicted molar refractivity (Wildman–Crippen MR) is 235 cm³/mol. The van der Waals surface area contributed by atoms with Crippen LogP contribution in [-0.2, 0) is 0 Å². The molecule has 55 heavy (non-hydrogen) atoms. The van der Waals surface area contributed by atoms with Crippen LogP contribution in [0, 0.1) is 13.8 Å². The van der Waals surface area contributed by atoms with Crippen molar-refractivity contribution in [3.63, 3.8) is 0 Å². The molecule has 11 aromatic rings. The molecule has 0 unspecified atom stereocenters. The molecule has 0 fully saturated rings. The van der Waals surface area contributed by atoms with Crippen molar-refractivity contribution in [2.75, 3.05) is 0 Å². The Hall–Kier alpha value is -6.96. The first kappa shape index (κ1) is 31.6. The molecule has 0 bridgehead atoms. The Morgan fingerprint density at radius 1 is 0.291 bits per heavy atom. The summed E-state index contributed by atoms with van der Waals surface area (Å²) in [5.74, 6) is 0. The number of rotatable bonds is 4. The lowest BCUT2D eigenvalue weighted by Gasteiger charge is -2.20. The average molecular weight is 701 g/mol. The first-order valence-corrected chi connectivity index (χ1v) is 19.1. The fourth-order valence-corrected chi connectivity index (χ4v) is 9.44. The molecule has 258 valence electrons. The summed E-state index contributed by atoms with van der Waals surface area (Å²) < 4.78 is 6.84. The summed E-state index contributed by atoms with van der Waals surface area (Å²) in [6.07, 6.45) is 0. The molecule has 0 atom stereocenters. The monoisotopic (exact) mass is 700 g/mol. The van der Waals surface area contributed by atoms with E-state index >= 15 is 0 Å². The molecule has 0 spiro atoms. The lowest BCUT2D eigenvalue weighted by atomic mass is 9.83. The molecule has 0 saturated carbocycles. The van der Waals surface area contributed by atoms with E-state index in [1.807, 2.05) is 0 Å². The highest BCUT2D eigenvalue weighted by atomic mass is 16.3. The van der Waals surface area contributed by atoms with Crippen LogP contribution in [-0.4, -0.2) is 0 Å². The van der Waals surface area contributed by atoms with Crippen LogP contribution in [0.4, 0.5) is 0 Å². The molecule has 0 radical (unpaired) electrons. The molecular formula is C54H36O. The highest BCUT2D eigenvalue weighted by molar-refractivity contribution is 6.26. The van der Waals surface area contributed by atoms with Crippen LogP contribution in [0.3, 0.4) is 0 Å². The zero-order valence-corrected chi connectivity index (χ0v) is 30.7. The van der Waals surface area contributed by atoms with E-state index in [1.54, 1.807) is 0 Å². The third kappa shape index (κ3) is 4.73. The van der Waals surface area contributed by atoms with E-state index in [2.05, 4.69) is 196 Å². The van der Waals surface area contributed by atoms with Gasteiger partial charge in [-0.3, -0.25) is 0 Å². The normalized spacial score (nSPS) is 11.8. The van der Waals surface area contributed by atoms with E-state index in [0.717, 1.165) is 27.5 Å². The Kier molecular flexibility index (Phi) is 7.06. The van der Waals surface area contributed by atoms with Gasteiger partial charge in [-0.25, -0.2) is 0 Å². The number of hydrogen-bond donors (Lipinski definition) is 0. The van der Waals surface area contributed by atoms with Gasteiger partial charge in [0.05, 0.1) is 0 Å². The van der Waals surface area contributed by atoms with Gasteiger partial charge in [0.15, 0.2) is 0 Å². The Bertz CT molecular complexity index is 3190. The smallest absolute Gasteiger partial charge is 0.136 e. The molecule has 0 saturated heterocycles. The van der Waals surface area contributed by atoms with Gasteiger partial charge in [0.2, 0.25) is 0 Å². The van der Waals surface area contributed by atoms with Crippen molar-refractivity contribution in [1.82, 2.24) is 0 Å². The molecule has 0 aliphatic carbocycles. The SMILES string of the molecule is Cc1cccc(C)c1-c1c2ccccc2c(-c2ccc3c(c2)oc2cccc(-c4c5ccccc5c(-c5ccccc5)c5ccccc45)c23)c2ccccc12. The van der Waals surface area contributed by atoms with E-state index in [-0.39, 0.29) is 0 Å². The molecule has 10 aromatic carbocycles. The Balaban J connectivity index is 1.18. The first-order valence-electron chi connectivity index (χ1n) is 19.1. The third-order valence-electron chi connectivity index (χ3n) is 11.7. The topological polar surface area (TPSA) is 13.1 Å². The summed E-state index contributed by atoms with van der Waals surface area (Å²) in [7, 11) is 0. The fourth-order valence-electron chi connectivity index (χ4n) is 9.44. The Morgan fingerprint density at radius 2 is 0.745 bits per heavy atom. The van der Waals surface area contributed by atoms with Gasteiger partial charge in [0, 0.05) is 10.8 Å². The molecule has 1 aromatic heterocycles. The van der Waals surface area contributed by atoms with Crippen molar-refractivity contribution in [3.8, 4) is 44.5 Å². The van der Waals surface area contributed by atoms with Crippen LogP contribution >= 0.6 is 0 Å². The van der Waals surface area contributed by atoms with Gasteiger partial charge < -0.3 is 4.42 Å². The van der Waals surface area contributed by atoms with Crippen molar-refractivity contribution in [2.24, 2.45) is 0 Å². The van der Waals surface area contributed by atoms with Gasteiger partial charge in [-0.05, 0) is 131 Å². The first-order chi connectivity index (χ1) is 27.2. The Labute approximate surface area is 319 Å². The molecule has 0 N–H and O–H groups in total. The van der Waals surface area contributed by atoms with Crippen LogP contribution < -0.4 is 0 Å². The number of furan rings is 1. The number of hydrogen-bond acceptors (Lipinski definition) is 1. The summed E-state index contributed by atoms with van der Waals surface area (Å²) >= 11 is 0. The lowest BCUT2D eigenvalue weighted by molar-refractivity contribution is 0.669. The van der Waals surface area contributed by atoms with E-state index in [0.29, 0.717) is 0 Å². The molecule has 1 heterocycles. The van der Waals surface area contributed by atoms with E-state index in [4.69, 9.17) is 4.42 Å². The third-order valence-corrected chi connectivity index (χ3v) is 11.7. The standard InChI is InChI=1S/C54H36O/c1-33-16-14-17-34(2)49(33)54-43-26-12-8-22-39(43)51(40-23-9-13-27-44(40)54)36-30-31-45-48(32-36)55-47-29-15-28-46(53(45)47)52-41-24-10-6-20-37(41)50(35-18-4-3-5-19-35)38-21-7-11-25-42(38)52/h3-32H,1-2H3. The second-order valence-electron chi connectivity index (χ2n) is 14.8. The van der Waals surface area contributed by atoms with Crippen molar-refractivity contribution in [3.05, 3.63) is 193 Å². The zero-order valence-electron chi connectivity index (χ0n) is 30.7. The minimum absolute atomic E-state index is 0.890. The van der Waals surface area contributed by atoms with Crippen LogP contribution in [0.2, 0.25) is 0 Å². The minimum Gasteiger partial charge on any atom is -0.456 e. The molecule has 1 heteroatoms. The maximum absolute atomic E-state index is 6.84. The molecule has 1 nitrogen and oxygen atoms in total. The van der Waals surface area contributed by atoms with Gasteiger partial charge in [0.1, 0.15) is 11.2 Å². The minimum atomic E-state index is 0.890. The van der Waals surface area contributed by atoms with Crippen LogP contribution in [0.15, 0.2) is 186 Å². The summed E-state index contributed by atoms with van der Waals surface area (Å²) in [4.78, 5) is 0. The highest BCUT2D eigenvalue weighted by Gasteiger charge is 2.22. The van der Waals surface area contributed by atoms with Gasteiger partial charge in [-0.1, -0.05) is 164 Å². The van der Waals surface area contributed by atoms with E-state index in [1.165, 1.54) is 93.2 Å². The van der Waals surface area contributed by atoms with Crippen LogP contribution in [0.5, 0.6) is 0 Å². The largest absolute Gasteiger partial charge is 0.456 e.